The van der Waals surface area contributed by atoms with E-state index >= 15 is 0 Å². The van der Waals surface area contributed by atoms with Crippen molar-refractivity contribution in [3.05, 3.63) is 96.1 Å². The molecule has 164 valence electrons. The van der Waals surface area contributed by atoms with Crippen LogP contribution in [-0.2, 0) is 0 Å². The fourth-order valence-electron chi connectivity index (χ4n) is 4.36. The zero-order valence-electron chi connectivity index (χ0n) is 18.5. The number of hydrogen-bond acceptors (Lipinski definition) is 4. The monoisotopic (exact) mass is 435 g/mol. The van der Waals surface area contributed by atoms with Gasteiger partial charge < -0.3 is 10.6 Å². The Balaban J connectivity index is 1.20. The van der Waals surface area contributed by atoms with E-state index in [1.807, 2.05) is 31.3 Å². The molecular weight excluding hydrogens is 410 g/mol. The highest BCUT2D eigenvalue weighted by molar-refractivity contribution is 6.25. The predicted molar refractivity (Wildman–Crippen MR) is 134 cm³/mol. The van der Waals surface area contributed by atoms with Gasteiger partial charge in [0.05, 0.1) is 0 Å². The topological polar surface area (TPSA) is 61.4 Å². The molecule has 0 atom stereocenters. The molecule has 0 saturated carbocycles. The third-order valence-electron chi connectivity index (χ3n) is 6.14. The molecular formula is C28H25N3O2. The first-order valence-corrected chi connectivity index (χ1v) is 11.2. The van der Waals surface area contributed by atoms with E-state index in [4.69, 9.17) is 0 Å². The Morgan fingerprint density at radius 3 is 1.79 bits per heavy atom. The predicted octanol–water partition coefficient (Wildman–Crippen LogP) is 5.65. The summed E-state index contributed by atoms with van der Waals surface area (Å²) in [5.41, 5.74) is 5.63. The van der Waals surface area contributed by atoms with Gasteiger partial charge in [-0.3, -0.25) is 14.5 Å². The first-order valence-electron chi connectivity index (χ1n) is 11.2. The molecule has 1 aliphatic heterocycles. The molecule has 1 aliphatic rings. The number of amides is 2. The van der Waals surface area contributed by atoms with Crippen LogP contribution in [0, 0.1) is 0 Å². The molecule has 33 heavy (non-hydrogen) atoms. The van der Waals surface area contributed by atoms with Gasteiger partial charge in [-0.1, -0.05) is 48.5 Å². The Bertz CT molecular complexity index is 1280. The molecule has 0 saturated heterocycles. The lowest BCUT2D eigenvalue weighted by molar-refractivity contribution is 0.0610. The zero-order chi connectivity index (χ0) is 22.8. The van der Waals surface area contributed by atoms with Gasteiger partial charge >= 0.3 is 0 Å². The van der Waals surface area contributed by atoms with Crippen LogP contribution in [0.2, 0.25) is 0 Å². The molecule has 0 bridgehead atoms. The normalized spacial score (nSPS) is 12.8. The Morgan fingerprint density at radius 2 is 1.24 bits per heavy atom. The van der Waals surface area contributed by atoms with Crippen LogP contribution in [0.25, 0.3) is 21.9 Å². The number of imide groups is 1. The van der Waals surface area contributed by atoms with E-state index in [1.54, 1.807) is 12.1 Å². The van der Waals surface area contributed by atoms with E-state index in [1.165, 1.54) is 4.90 Å². The lowest BCUT2D eigenvalue weighted by Crippen LogP contribution is -2.41. The fraction of sp³-hybridized carbons (Fsp3) is 0.143. The molecule has 0 aliphatic carbocycles. The Kier molecular flexibility index (Phi) is 5.53. The molecule has 0 unspecified atom stereocenters. The molecule has 0 fully saturated rings. The summed E-state index contributed by atoms with van der Waals surface area (Å²) in [6.45, 7) is 1.05. The first-order chi connectivity index (χ1) is 16.2. The van der Waals surface area contributed by atoms with Gasteiger partial charge in [-0.15, -0.1) is 0 Å². The van der Waals surface area contributed by atoms with Gasteiger partial charge in [0.1, 0.15) is 0 Å². The number of nitrogens with one attached hydrogen (secondary N) is 2. The standard InChI is InChI=1S/C28H25N3O2/c1-29-22-13-9-19(10-14-22)20-11-15-23(16-12-20)30-17-4-18-31-27(32)24-7-2-5-21-6-3-8-25(26(21)24)28(31)33/h2-3,5-16,29-30H,4,17-18H2,1H3. The maximum absolute atomic E-state index is 13.0. The van der Waals surface area contributed by atoms with Gasteiger partial charge in [0.15, 0.2) is 0 Å². The molecule has 2 amide bonds. The van der Waals surface area contributed by atoms with Crippen molar-refractivity contribution in [1.29, 1.82) is 0 Å². The number of rotatable bonds is 7. The summed E-state index contributed by atoms with van der Waals surface area (Å²) in [4.78, 5) is 27.3. The molecule has 0 spiro atoms. The first kappa shape index (κ1) is 20.8. The average molecular weight is 436 g/mol. The second-order valence-corrected chi connectivity index (χ2v) is 8.16. The van der Waals surface area contributed by atoms with E-state index < -0.39 is 0 Å². The van der Waals surface area contributed by atoms with Gasteiger partial charge in [-0.25, -0.2) is 0 Å². The van der Waals surface area contributed by atoms with Gasteiger partial charge in [-0.05, 0) is 59.3 Å². The minimum Gasteiger partial charge on any atom is -0.388 e. The van der Waals surface area contributed by atoms with Crippen molar-refractivity contribution in [2.24, 2.45) is 0 Å². The fourth-order valence-corrected chi connectivity index (χ4v) is 4.36. The average Bonchev–Trinajstić information content (AvgIpc) is 2.87. The molecule has 1 heterocycles. The molecule has 4 aromatic rings. The van der Waals surface area contributed by atoms with E-state index in [2.05, 4.69) is 59.2 Å². The quantitative estimate of drug-likeness (QED) is 0.291. The molecule has 4 aromatic carbocycles. The van der Waals surface area contributed by atoms with E-state index in [0.29, 0.717) is 30.6 Å². The van der Waals surface area contributed by atoms with Crippen molar-refractivity contribution in [3.63, 3.8) is 0 Å². The molecule has 5 rings (SSSR count). The van der Waals surface area contributed by atoms with Gasteiger partial charge in [0.25, 0.3) is 11.8 Å². The lowest BCUT2D eigenvalue weighted by Gasteiger charge is -2.27. The molecule has 5 nitrogen and oxygen atoms in total. The summed E-state index contributed by atoms with van der Waals surface area (Å²) in [6, 6.07) is 27.8. The third kappa shape index (κ3) is 3.94. The third-order valence-corrected chi connectivity index (χ3v) is 6.14. The zero-order valence-corrected chi connectivity index (χ0v) is 18.5. The Hall–Kier alpha value is -4.12. The highest BCUT2D eigenvalue weighted by Crippen LogP contribution is 2.30. The largest absolute Gasteiger partial charge is 0.388 e. The Labute approximate surface area is 193 Å². The van der Waals surface area contributed by atoms with E-state index in [0.717, 1.165) is 33.3 Å². The Morgan fingerprint density at radius 1 is 0.697 bits per heavy atom. The smallest absolute Gasteiger partial charge is 0.261 e. The van der Waals surface area contributed by atoms with Crippen LogP contribution < -0.4 is 10.6 Å². The van der Waals surface area contributed by atoms with Crippen molar-refractivity contribution in [2.45, 2.75) is 6.42 Å². The minimum absolute atomic E-state index is 0.210. The van der Waals surface area contributed by atoms with Crippen LogP contribution in [0.4, 0.5) is 11.4 Å². The van der Waals surface area contributed by atoms with E-state index in [-0.39, 0.29) is 11.8 Å². The van der Waals surface area contributed by atoms with Crippen molar-refractivity contribution >= 4 is 34.0 Å². The maximum atomic E-state index is 13.0. The lowest BCUT2D eigenvalue weighted by atomic mass is 9.94. The van der Waals surface area contributed by atoms with Gasteiger partial charge in [0.2, 0.25) is 0 Å². The van der Waals surface area contributed by atoms with E-state index in [9.17, 15) is 9.59 Å². The minimum atomic E-state index is -0.210. The van der Waals surface area contributed by atoms with Gasteiger partial charge in [-0.2, -0.15) is 0 Å². The second-order valence-electron chi connectivity index (χ2n) is 8.16. The molecule has 0 radical (unpaired) electrons. The summed E-state index contributed by atoms with van der Waals surface area (Å²) in [7, 11) is 1.91. The molecule has 2 N–H and O–H groups in total. The number of anilines is 2. The van der Waals surface area contributed by atoms with Crippen LogP contribution >= 0.6 is 0 Å². The summed E-state index contributed by atoms with van der Waals surface area (Å²) in [5, 5.41) is 8.21. The van der Waals surface area contributed by atoms with Crippen molar-refractivity contribution in [1.82, 2.24) is 4.90 Å². The molecule has 0 aromatic heterocycles. The van der Waals surface area contributed by atoms with Crippen LogP contribution in [0.3, 0.4) is 0 Å². The number of nitrogens with zero attached hydrogens (tertiary/aromatic N) is 1. The van der Waals surface area contributed by atoms with Crippen LogP contribution in [0.1, 0.15) is 27.1 Å². The van der Waals surface area contributed by atoms with Crippen LogP contribution in [-0.4, -0.2) is 36.9 Å². The van der Waals surface area contributed by atoms with Crippen molar-refractivity contribution in [2.75, 3.05) is 30.8 Å². The summed E-state index contributed by atoms with van der Waals surface area (Å²) >= 11 is 0. The van der Waals surface area contributed by atoms with Crippen LogP contribution in [0.15, 0.2) is 84.9 Å². The van der Waals surface area contributed by atoms with Crippen molar-refractivity contribution < 1.29 is 9.59 Å². The van der Waals surface area contributed by atoms with Crippen LogP contribution in [0.5, 0.6) is 0 Å². The number of carbonyl (C=O) groups is 2. The summed E-state index contributed by atoms with van der Waals surface area (Å²) in [5.74, 6) is -0.420. The number of hydrogen-bond donors (Lipinski definition) is 2. The molecule has 5 heteroatoms. The van der Waals surface area contributed by atoms with Gasteiger partial charge in [0, 0.05) is 48.0 Å². The highest BCUT2D eigenvalue weighted by atomic mass is 16.2. The summed E-state index contributed by atoms with van der Waals surface area (Å²) < 4.78 is 0. The number of carbonyl (C=O) groups excluding carboxylic acids is 2. The summed E-state index contributed by atoms with van der Waals surface area (Å²) in [6.07, 6.45) is 0.669. The SMILES string of the molecule is CNc1ccc(-c2ccc(NCCCN3C(=O)c4cccc5cccc(c45)C3=O)cc2)cc1. The highest BCUT2D eigenvalue weighted by Gasteiger charge is 2.31. The maximum Gasteiger partial charge on any atom is 0.261 e. The number of benzene rings is 4. The van der Waals surface area contributed by atoms with Crippen molar-refractivity contribution in [3.8, 4) is 11.1 Å². The second kappa shape index (κ2) is 8.79.